The molecule has 0 saturated heterocycles. The molecule has 4 rings (SSSR count). The molecule has 2 aromatic carbocycles. The molecule has 1 aliphatic carbocycles. The molecule has 0 radical (unpaired) electrons. The summed E-state index contributed by atoms with van der Waals surface area (Å²) in [4.78, 5) is 17.2. The fourth-order valence-electron chi connectivity index (χ4n) is 3.75. The molecule has 0 bridgehead atoms. The molecular formula is C19H16ClNO. The summed E-state index contributed by atoms with van der Waals surface area (Å²) < 4.78 is 0. The highest BCUT2D eigenvalue weighted by atomic mass is 35.5. The summed E-state index contributed by atoms with van der Waals surface area (Å²) in [5, 5.41) is 0.748. The molecule has 0 N–H and O–H groups in total. The SMILES string of the molecule is O=C1CCC(c2ccc(Cl)cc2)CC12C=Nc1ccccc12. The lowest BCUT2D eigenvalue weighted by atomic mass is 9.65. The molecule has 2 aromatic rings. The van der Waals surface area contributed by atoms with Gasteiger partial charge in [-0.25, -0.2) is 0 Å². The minimum Gasteiger partial charge on any atom is -0.298 e. The molecule has 1 heterocycles. The lowest BCUT2D eigenvalue weighted by Crippen LogP contribution is -2.41. The van der Waals surface area contributed by atoms with Crippen LogP contribution in [0.25, 0.3) is 0 Å². The van der Waals surface area contributed by atoms with Gasteiger partial charge >= 0.3 is 0 Å². The van der Waals surface area contributed by atoms with E-state index in [0.717, 1.165) is 29.1 Å². The number of carbonyl (C=O) groups is 1. The molecule has 1 saturated carbocycles. The Morgan fingerprint density at radius 3 is 2.68 bits per heavy atom. The standard InChI is InChI=1S/C19H16ClNO/c20-15-8-5-13(6-9-15)14-7-10-18(22)19(11-14)12-21-17-4-2-1-3-16(17)19/h1-6,8-9,12,14H,7,10-11H2. The summed E-state index contributed by atoms with van der Waals surface area (Å²) in [5.41, 5.74) is 2.74. The third-order valence-corrected chi connectivity index (χ3v) is 5.19. The molecule has 22 heavy (non-hydrogen) atoms. The van der Waals surface area contributed by atoms with Gasteiger partial charge in [-0.2, -0.15) is 0 Å². The van der Waals surface area contributed by atoms with Crippen LogP contribution in [0.15, 0.2) is 53.5 Å². The molecule has 2 aliphatic rings. The lowest BCUT2D eigenvalue weighted by Gasteiger charge is -2.35. The Balaban J connectivity index is 1.73. The van der Waals surface area contributed by atoms with Gasteiger partial charge in [0.2, 0.25) is 0 Å². The number of halogens is 1. The van der Waals surface area contributed by atoms with Crippen LogP contribution in [0.1, 0.15) is 36.3 Å². The average Bonchev–Trinajstić information content (AvgIpc) is 2.91. The van der Waals surface area contributed by atoms with Gasteiger partial charge in [-0.3, -0.25) is 9.79 Å². The predicted octanol–water partition coefficient (Wildman–Crippen LogP) is 4.83. The van der Waals surface area contributed by atoms with Crippen molar-refractivity contribution in [3.05, 3.63) is 64.7 Å². The van der Waals surface area contributed by atoms with Gasteiger partial charge < -0.3 is 0 Å². The smallest absolute Gasteiger partial charge is 0.148 e. The van der Waals surface area contributed by atoms with Crippen LogP contribution in [-0.4, -0.2) is 12.0 Å². The van der Waals surface area contributed by atoms with Crippen LogP contribution in [0, 0.1) is 0 Å². The van der Waals surface area contributed by atoms with Gasteiger partial charge in [0.05, 0.1) is 11.1 Å². The molecule has 0 aromatic heterocycles. The van der Waals surface area contributed by atoms with E-state index in [0.29, 0.717) is 18.1 Å². The van der Waals surface area contributed by atoms with Crippen LogP contribution >= 0.6 is 11.6 Å². The molecular weight excluding hydrogens is 294 g/mol. The molecule has 1 spiro atoms. The summed E-state index contributed by atoms with van der Waals surface area (Å²) in [5.74, 6) is 0.666. The largest absolute Gasteiger partial charge is 0.298 e. The number of carbonyl (C=O) groups excluding carboxylic acids is 1. The average molecular weight is 310 g/mol. The third kappa shape index (κ3) is 2.02. The van der Waals surface area contributed by atoms with Crippen molar-refractivity contribution < 1.29 is 4.79 Å². The number of fused-ring (bicyclic) bond motifs is 2. The number of Topliss-reactive ketones (excluding diaryl/α,β-unsaturated/α-hetero) is 1. The Bertz CT molecular complexity index is 765. The van der Waals surface area contributed by atoms with Gasteiger partial charge in [0, 0.05) is 17.7 Å². The molecule has 0 amide bonds. The fourth-order valence-corrected chi connectivity index (χ4v) is 3.88. The van der Waals surface area contributed by atoms with Crippen LogP contribution in [0.4, 0.5) is 5.69 Å². The van der Waals surface area contributed by atoms with E-state index in [1.807, 2.05) is 42.6 Å². The van der Waals surface area contributed by atoms with E-state index in [1.54, 1.807) is 0 Å². The van der Waals surface area contributed by atoms with Crippen LogP contribution in [-0.2, 0) is 10.2 Å². The Morgan fingerprint density at radius 2 is 1.86 bits per heavy atom. The topological polar surface area (TPSA) is 29.4 Å². The number of benzene rings is 2. The Kier molecular flexibility index (Phi) is 3.16. The Hall–Kier alpha value is -1.93. The second-order valence-electron chi connectivity index (χ2n) is 6.16. The van der Waals surface area contributed by atoms with Gasteiger partial charge in [0.1, 0.15) is 5.78 Å². The van der Waals surface area contributed by atoms with E-state index in [4.69, 9.17) is 11.6 Å². The third-order valence-electron chi connectivity index (χ3n) is 4.94. The molecule has 2 atom stereocenters. The molecule has 3 heteroatoms. The van der Waals surface area contributed by atoms with E-state index in [2.05, 4.69) is 17.1 Å². The second kappa shape index (κ2) is 5.06. The molecule has 110 valence electrons. The molecule has 2 nitrogen and oxygen atoms in total. The quantitative estimate of drug-likeness (QED) is 0.742. The highest BCUT2D eigenvalue weighted by Gasteiger charge is 2.47. The number of hydrogen-bond donors (Lipinski definition) is 0. The normalized spacial score (nSPS) is 26.4. The maximum atomic E-state index is 12.7. The highest BCUT2D eigenvalue weighted by Crippen LogP contribution is 2.48. The number of ketones is 1. The molecule has 2 unspecified atom stereocenters. The zero-order chi connectivity index (χ0) is 15.2. The first kappa shape index (κ1) is 13.7. The van der Waals surface area contributed by atoms with Crippen LogP contribution in [0.3, 0.4) is 0 Å². The number of nitrogens with zero attached hydrogens (tertiary/aromatic N) is 1. The van der Waals surface area contributed by atoms with Crippen molar-refractivity contribution in [2.75, 3.05) is 0 Å². The number of para-hydroxylation sites is 1. The Labute approximate surface area is 134 Å². The first-order chi connectivity index (χ1) is 10.7. The van der Waals surface area contributed by atoms with Crippen molar-refractivity contribution in [3.8, 4) is 0 Å². The highest BCUT2D eigenvalue weighted by molar-refractivity contribution is 6.30. The monoisotopic (exact) mass is 309 g/mol. The second-order valence-corrected chi connectivity index (χ2v) is 6.60. The molecule has 1 aliphatic heterocycles. The van der Waals surface area contributed by atoms with Gasteiger partial charge in [0.15, 0.2) is 0 Å². The predicted molar refractivity (Wildman–Crippen MR) is 89.3 cm³/mol. The van der Waals surface area contributed by atoms with E-state index < -0.39 is 5.41 Å². The van der Waals surface area contributed by atoms with Crippen molar-refractivity contribution in [3.63, 3.8) is 0 Å². The van der Waals surface area contributed by atoms with Crippen LogP contribution < -0.4 is 0 Å². The molecule has 1 fully saturated rings. The van der Waals surface area contributed by atoms with Crippen LogP contribution in [0.5, 0.6) is 0 Å². The first-order valence-electron chi connectivity index (χ1n) is 7.62. The van der Waals surface area contributed by atoms with Crippen molar-refractivity contribution in [1.82, 2.24) is 0 Å². The zero-order valence-electron chi connectivity index (χ0n) is 12.1. The summed E-state index contributed by atoms with van der Waals surface area (Å²) in [6, 6.07) is 16.0. The number of aliphatic imine (C=N–C) groups is 1. The first-order valence-corrected chi connectivity index (χ1v) is 8.00. The van der Waals surface area contributed by atoms with Crippen molar-refractivity contribution in [2.24, 2.45) is 4.99 Å². The van der Waals surface area contributed by atoms with E-state index >= 15 is 0 Å². The zero-order valence-corrected chi connectivity index (χ0v) is 12.9. The minimum absolute atomic E-state index is 0.298. The van der Waals surface area contributed by atoms with E-state index in [-0.39, 0.29) is 0 Å². The van der Waals surface area contributed by atoms with E-state index in [1.165, 1.54) is 5.56 Å². The van der Waals surface area contributed by atoms with Crippen LogP contribution in [0.2, 0.25) is 5.02 Å². The van der Waals surface area contributed by atoms with Gasteiger partial charge in [0.25, 0.3) is 0 Å². The van der Waals surface area contributed by atoms with Crippen molar-refractivity contribution >= 4 is 29.3 Å². The lowest BCUT2D eigenvalue weighted by molar-refractivity contribution is -0.124. The summed E-state index contributed by atoms with van der Waals surface area (Å²) in [7, 11) is 0. The maximum absolute atomic E-state index is 12.7. The minimum atomic E-state index is -0.529. The Morgan fingerprint density at radius 1 is 1.09 bits per heavy atom. The fraction of sp³-hybridized carbons (Fsp3) is 0.263. The summed E-state index contributed by atoms with van der Waals surface area (Å²) >= 11 is 5.99. The number of rotatable bonds is 1. The maximum Gasteiger partial charge on any atom is 0.148 e. The van der Waals surface area contributed by atoms with Gasteiger partial charge in [-0.1, -0.05) is 41.9 Å². The summed E-state index contributed by atoms with van der Waals surface area (Å²) in [6.07, 6.45) is 4.18. The van der Waals surface area contributed by atoms with Crippen molar-refractivity contribution in [1.29, 1.82) is 0 Å². The van der Waals surface area contributed by atoms with Crippen molar-refractivity contribution in [2.45, 2.75) is 30.6 Å². The van der Waals surface area contributed by atoms with Gasteiger partial charge in [-0.15, -0.1) is 0 Å². The van der Waals surface area contributed by atoms with E-state index in [9.17, 15) is 4.79 Å². The summed E-state index contributed by atoms with van der Waals surface area (Å²) in [6.45, 7) is 0. The number of hydrogen-bond acceptors (Lipinski definition) is 2. The van der Waals surface area contributed by atoms with Gasteiger partial charge in [-0.05, 0) is 48.1 Å².